The summed E-state index contributed by atoms with van der Waals surface area (Å²) in [5.41, 5.74) is 1.46. The van der Waals surface area contributed by atoms with Crippen LogP contribution in [0.5, 0.6) is 5.75 Å². The van der Waals surface area contributed by atoms with Crippen LogP contribution in [0.2, 0.25) is 19.6 Å². The maximum atomic E-state index is 14.8. The standard InChI is InChI=1S/C27H32F2N2O5Si/c1-36-19-5-6-20-16(12-19)7-8-31(27(35)17-9-15(10-17)11-23(32)33)24(20)26(34)30-18-13-21(28)25(22(29)14-18)37(2,3)4/h5-6,12-15,17,24H,7-11H2,1-4H3,(H,30,34)(H,32,33). The van der Waals surface area contributed by atoms with Crippen molar-refractivity contribution in [3.63, 3.8) is 0 Å². The second-order valence-corrected chi connectivity index (χ2v) is 15.9. The minimum absolute atomic E-state index is 0.0137. The quantitative estimate of drug-likeness (QED) is 0.526. The molecule has 1 aliphatic heterocycles. The van der Waals surface area contributed by atoms with Crippen LogP contribution in [0.1, 0.15) is 36.4 Å². The Bertz CT molecular complexity index is 1220. The molecule has 0 spiro atoms. The van der Waals surface area contributed by atoms with Crippen molar-refractivity contribution in [3.05, 3.63) is 53.1 Å². The third-order valence-corrected chi connectivity index (χ3v) is 9.20. The maximum Gasteiger partial charge on any atom is 0.303 e. The number of rotatable bonds is 7. The number of hydrogen-bond donors (Lipinski definition) is 2. The minimum Gasteiger partial charge on any atom is -0.497 e. The first-order chi connectivity index (χ1) is 17.4. The molecule has 37 heavy (non-hydrogen) atoms. The van der Waals surface area contributed by atoms with Gasteiger partial charge < -0.3 is 20.1 Å². The number of benzene rings is 2. The number of carboxylic acids is 1. The Balaban J connectivity index is 1.62. The van der Waals surface area contributed by atoms with Crippen molar-refractivity contribution in [1.29, 1.82) is 0 Å². The monoisotopic (exact) mass is 530 g/mol. The predicted octanol–water partition coefficient (Wildman–Crippen LogP) is 4.08. The fraction of sp³-hybridized carbons (Fsp3) is 0.444. The highest BCUT2D eigenvalue weighted by Crippen LogP contribution is 2.41. The van der Waals surface area contributed by atoms with Gasteiger partial charge in [-0.05, 0) is 60.6 Å². The minimum atomic E-state index is -2.29. The van der Waals surface area contributed by atoms with Gasteiger partial charge in [-0.2, -0.15) is 0 Å². The second-order valence-electron chi connectivity index (χ2n) is 10.9. The van der Waals surface area contributed by atoms with E-state index < -0.39 is 37.6 Å². The highest BCUT2D eigenvalue weighted by atomic mass is 28.3. The number of nitrogens with one attached hydrogen (secondary N) is 1. The lowest BCUT2D eigenvalue weighted by Crippen LogP contribution is -2.50. The number of halogens is 2. The van der Waals surface area contributed by atoms with E-state index >= 15 is 0 Å². The maximum absolute atomic E-state index is 14.8. The Morgan fingerprint density at radius 1 is 1.11 bits per heavy atom. The smallest absolute Gasteiger partial charge is 0.303 e. The molecular formula is C27H32F2N2O5Si. The van der Waals surface area contributed by atoms with Crippen LogP contribution in [0.4, 0.5) is 14.5 Å². The molecule has 198 valence electrons. The van der Waals surface area contributed by atoms with E-state index in [1.165, 1.54) is 4.90 Å². The SMILES string of the molecule is COc1ccc2c(c1)CCN(C(=O)C1CC(CC(=O)O)C1)C2C(=O)Nc1cc(F)c([Si](C)(C)C)c(F)c1. The Kier molecular flexibility index (Phi) is 7.41. The average Bonchev–Trinajstić information content (AvgIpc) is 2.77. The Morgan fingerprint density at radius 3 is 2.32 bits per heavy atom. The number of fused-ring (bicyclic) bond motifs is 1. The summed E-state index contributed by atoms with van der Waals surface area (Å²) in [5, 5.41) is 11.7. The van der Waals surface area contributed by atoms with Gasteiger partial charge in [-0.15, -0.1) is 0 Å². The van der Waals surface area contributed by atoms with Gasteiger partial charge in [0.15, 0.2) is 0 Å². The first kappa shape index (κ1) is 26.8. The van der Waals surface area contributed by atoms with Crippen LogP contribution in [0.3, 0.4) is 0 Å². The van der Waals surface area contributed by atoms with Crippen molar-refractivity contribution in [1.82, 2.24) is 4.90 Å². The molecule has 1 unspecified atom stereocenters. The van der Waals surface area contributed by atoms with E-state index in [0.717, 1.165) is 17.7 Å². The van der Waals surface area contributed by atoms with Crippen molar-refractivity contribution in [2.45, 2.75) is 51.4 Å². The molecule has 2 N–H and O–H groups in total. The van der Waals surface area contributed by atoms with Crippen LogP contribution in [0.15, 0.2) is 30.3 Å². The third-order valence-electron chi connectivity index (χ3n) is 7.22. The van der Waals surface area contributed by atoms with Crippen LogP contribution in [-0.2, 0) is 20.8 Å². The molecule has 2 aromatic carbocycles. The number of hydrogen-bond acceptors (Lipinski definition) is 4. The van der Waals surface area contributed by atoms with Crippen molar-refractivity contribution >= 4 is 36.7 Å². The molecule has 1 saturated carbocycles. The lowest BCUT2D eigenvalue weighted by atomic mass is 9.72. The number of carbonyl (C=O) groups is 3. The van der Waals surface area contributed by atoms with E-state index in [1.54, 1.807) is 19.2 Å². The van der Waals surface area contributed by atoms with Gasteiger partial charge >= 0.3 is 5.97 Å². The Morgan fingerprint density at radius 2 is 1.76 bits per heavy atom. The number of aliphatic carboxylic acids is 1. The van der Waals surface area contributed by atoms with E-state index in [9.17, 15) is 23.2 Å². The molecule has 1 aliphatic carbocycles. The summed E-state index contributed by atoms with van der Waals surface area (Å²) in [6.45, 7) is 5.80. The molecule has 10 heteroatoms. The van der Waals surface area contributed by atoms with E-state index in [-0.39, 0.29) is 41.6 Å². The molecule has 2 aromatic rings. The van der Waals surface area contributed by atoms with Gasteiger partial charge in [0.1, 0.15) is 23.4 Å². The summed E-state index contributed by atoms with van der Waals surface area (Å²) in [6, 6.07) is 6.53. The number of methoxy groups -OCH3 is 1. The summed E-state index contributed by atoms with van der Waals surface area (Å²) in [4.78, 5) is 39.5. The zero-order valence-corrected chi connectivity index (χ0v) is 22.4. The molecule has 0 radical (unpaired) electrons. The van der Waals surface area contributed by atoms with Crippen molar-refractivity contribution in [3.8, 4) is 5.75 Å². The predicted molar refractivity (Wildman–Crippen MR) is 138 cm³/mol. The van der Waals surface area contributed by atoms with Crippen molar-refractivity contribution < 1.29 is 33.0 Å². The zero-order valence-electron chi connectivity index (χ0n) is 21.4. The molecule has 4 rings (SSSR count). The van der Waals surface area contributed by atoms with Crippen molar-refractivity contribution in [2.24, 2.45) is 11.8 Å². The van der Waals surface area contributed by atoms with Gasteiger partial charge in [-0.25, -0.2) is 8.78 Å². The van der Waals surface area contributed by atoms with Crippen LogP contribution < -0.4 is 15.2 Å². The lowest BCUT2D eigenvalue weighted by molar-refractivity contribution is -0.149. The molecular weight excluding hydrogens is 498 g/mol. The largest absolute Gasteiger partial charge is 0.497 e. The van der Waals surface area contributed by atoms with Crippen LogP contribution in [-0.4, -0.2) is 49.5 Å². The fourth-order valence-electron chi connectivity index (χ4n) is 5.41. The Labute approximate surface area is 215 Å². The highest BCUT2D eigenvalue weighted by molar-refractivity contribution is 6.88. The van der Waals surface area contributed by atoms with Crippen LogP contribution in [0, 0.1) is 23.5 Å². The van der Waals surface area contributed by atoms with Gasteiger partial charge in [0.05, 0.1) is 15.2 Å². The second kappa shape index (κ2) is 10.2. The van der Waals surface area contributed by atoms with Gasteiger partial charge in [-0.3, -0.25) is 14.4 Å². The number of nitrogens with zero attached hydrogens (tertiary/aromatic N) is 1. The topological polar surface area (TPSA) is 95.9 Å². The Hall–Kier alpha value is -3.27. The number of amides is 2. The van der Waals surface area contributed by atoms with Crippen molar-refractivity contribution in [2.75, 3.05) is 19.0 Å². The molecule has 2 amide bonds. The highest BCUT2D eigenvalue weighted by Gasteiger charge is 2.43. The summed E-state index contributed by atoms with van der Waals surface area (Å²) in [5.74, 6) is -2.87. The lowest BCUT2D eigenvalue weighted by Gasteiger charge is -2.42. The number of carbonyl (C=O) groups excluding carboxylic acids is 2. The molecule has 0 bridgehead atoms. The van der Waals surface area contributed by atoms with Gasteiger partial charge in [0.2, 0.25) is 5.91 Å². The first-order valence-electron chi connectivity index (χ1n) is 12.4. The van der Waals surface area contributed by atoms with Crippen LogP contribution >= 0.6 is 0 Å². The van der Waals surface area contributed by atoms with E-state index in [0.29, 0.717) is 30.6 Å². The normalized spacial score (nSPS) is 21.0. The summed E-state index contributed by atoms with van der Waals surface area (Å²) >= 11 is 0. The molecule has 0 saturated heterocycles. The summed E-state index contributed by atoms with van der Waals surface area (Å²) in [7, 11) is -0.747. The summed E-state index contributed by atoms with van der Waals surface area (Å²) in [6.07, 6.45) is 1.45. The molecule has 2 aliphatic rings. The number of carboxylic acid groups (broad SMARTS) is 1. The number of anilines is 1. The molecule has 1 atom stereocenters. The van der Waals surface area contributed by atoms with Gasteiger partial charge in [0, 0.05) is 29.8 Å². The fourth-order valence-corrected chi connectivity index (χ4v) is 6.99. The van der Waals surface area contributed by atoms with E-state index in [1.807, 2.05) is 25.7 Å². The van der Waals surface area contributed by atoms with Crippen LogP contribution in [0.25, 0.3) is 0 Å². The van der Waals surface area contributed by atoms with E-state index in [4.69, 9.17) is 9.84 Å². The number of ether oxygens (including phenoxy) is 1. The average molecular weight is 531 g/mol. The van der Waals surface area contributed by atoms with Gasteiger partial charge in [0.25, 0.3) is 5.91 Å². The van der Waals surface area contributed by atoms with E-state index in [2.05, 4.69) is 5.32 Å². The third kappa shape index (κ3) is 5.53. The zero-order chi connectivity index (χ0) is 27.1. The molecule has 1 fully saturated rings. The molecule has 0 aromatic heterocycles. The molecule has 7 nitrogen and oxygen atoms in total. The van der Waals surface area contributed by atoms with Gasteiger partial charge in [-0.1, -0.05) is 25.7 Å². The summed E-state index contributed by atoms with van der Waals surface area (Å²) < 4.78 is 35.0. The molecule has 1 heterocycles. The first-order valence-corrected chi connectivity index (χ1v) is 15.9.